The van der Waals surface area contributed by atoms with Crippen molar-refractivity contribution in [2.24, 2.45) is 0 Å². The van der Waals surface area contributed by atoms with E-state index in [1.54, 1.807) is 12.4 Å². The van der Waals surface area contributed by atoms with Crippen LogP contribution in [0.3, 0.4) is 0 Å². The fourth-order valence-corrected chi connectivity index (χ4v) is 3.72. The number of hydrogen-bond acceptors (Lipinski definition) is 6. The molecule has 2 aromatic heterocycles. The van der Waals surface area contributed by atoms with E-state index in [-0.39, 0.29) is 5.60 Å². The standard InChI is InChI=1S/C18H25N5O2/c1-2-14(13-19-7-1)17-21-16(22-23-17)3-8-20-15-4-9-25-18(12-15)5-10-24-11-6-18/h1-2,7,13,15,20H,3-6,8-12H2,(H,21,22,23)/t15-/m1/s1. The molecule has 0 unspecified atom stereocenters. The fourth-order valence-electron chi connectivity index (χ4n) is 3.72. The van der Waals surface area contributed by atoms with Gasteiger partial charge < -0.3 is 14.8 Å². The van der Waals surface area contributed by atoms with E-state index in [0.29, 0.717) is 11.9 Å². The Morgan fingerprint density at radius 3 is 3.04 bits per heavy atom. The van der Waals surface area contributed by atoms with Crippen molar-refractivity contribution in [2.45, 2.75) is 43.7 Å². The second-order valence-corrected chi connectivity index (χ2v) is 6.89. The summed E-state index contributed by atoms with van der Waals surface area (Å²) in [6.45, 7) is 3.37. The van der Waals surface area contributed by atoms with Crippen LogP contribution in [-0.4, -0.2) is 58.2 Å². The molecule has 1 atom stereocenters. The molecule has 2 aromatic rings. The van der Waals surface area contributed by atoms with Crippen LogP contribution in [0.1, 0.15) is 31.5 Å². The lowest BCUT2D eigenvalue weighted by molar-refractivity contribution is -0.140. The number of nitrogens with one attached hydrogen (secondary N) is 2. The van der Waals surface area contributed by atoms with Crippen LogP contribution in [0.15, 0.2) is 24.5 Å². The molecular weight excluding hydrogens is 318 g/mol. The monoisotopic (exact) mass is 343 g/mol. The van der Waals surface area contributed by atoms with E-state index in [0.717, 1.165) is 69.9 Å². The molecule has 134 valence electrons. The van der Waals surface area contributed by atoms with Crippen LogP contribution >= 0.6 is 0 Å². The maximum Gasteiger partial charge on any atom is 0.182 e. The normalized spacial score (nSPS) is 23.0. The van der Waals surface area contributed by atoms with Gasteiger partial charge in [0.05, 0.1) is 5.60 Å². The van der Waals surface area contributed by atoms with E-state index in [1.165, 1.54) is 0 Å². The molecule has 0 radical (unpaired) electrons. The number of rotatable bonds is 5. The van der Waals surface area contributed by atoms with Crippen LogP contribution in [0.2, 0.25) is 0 Å². The SMILES string of the molecule is c1cncc(-c2n[nH]c(CCN[C@@H]3CCOC4(CCOCC4)C3)n2)c1. The molecule has 7 heteroatoms. The summed E-state index contributed by atoms with van der Waals surface area (Å²) in [6, 6.07) is 4.37. The Bertz CT molecular complexity index is 664. The minimum Gasteiger partial charge on any atom is -0.381 e. The molecular formula is C18H25N5O2. The first-order valence-electron chi connectivity index (χ1n) is 9.10. The first-order valence-corrected chi connectivity index (χ1v) is 9.10. The third-order valence-corrected chi connectivity index (χ3v) is 5.14. The Morgan fingerprint density at radius 2 is 2.20 bits per heavy atom. The zero-order valence-corrected chi connectivity index (χ0v) is 14.4. The Morgan fingerprint density at radius 1 is 1.28 bits per heavy atom. The molecule has 0 aromatic carbocycles. The second-order valence-electron chi connectivity index (χ2n) is 6.89. The molecule has 25 heavy (non-hydrogen) atoms. The summed E-state index contributed by atoms with van der Waals surface area (Å²) in [5.41, 5.74) is 0.970. The lowest BCUT2D eigenvalue weighted by atomic mass is 9.84. The van der Waals surface area contributed by atoms with E-state index < -0.39 is 0 Å². The third kappa shape index (κ3) is 4.05. The lowest BCUT2D eigenvalue weighted by Gasteiger charge is -2.43. The smallest absolute Gasteiger partial charge is 0.182 e. The predicted molar refractivity (Wildman–Crippen MR) is 93.1 cm³/mol. The van der Waals surface area contributed by atoms with Crippen LogP contribution in [0.25, 0.3) is 11.4 Å². The number of nitrogens with zero attached hydrogens (tertiary/aromatic N) is 3. The lowest BCUT2D eigenvalue weighted by Crippen LogP contribution is -2.50. The average molecular weight is 343 g/mol. The summed E-state index contributed by atoms with van der Waals surface area (Å²) in [5.74, 6) is 1.61. The molecule has 0 amide bonds. The van der Waals surface area contributed by atoms with E-state index in [2.05, 4.69) is 25.5 Å². The van der Waals surface area contributed by atoms with Gasteiger partial charge in [0.25, 0.3) is 0 Å². The van der Waals surface area contributed by atoms with Crippen molar-refractivity contribution < 1.29 is 9.47 Å². The van der Waals surface area contributed by atoms with Gasteiger partial charge in [0.1, 0.15) is 5.82 Å². The highest BCUT2D eigenvalue weighted by atomic mass is 16.5. The molecule has 0 bridgehead atoms. The molecule has 4 heterocycles. The Labute approximate surface area is 147 Å². The average Bonchev–Trinajstić information content (AvgIpc) is 3.12. The van der Waals surface area contributed by atoms with Crippen molar-refractivity contribution in [3.8, 4) is 11.4 Å². The Kier molecular flexibility index (Phi) is 5.05. The highest BCUT2D eigenvalue weighted by Gasteiger charge is 2.38. The van der Waals surface area contributed by atoms with E-state index in [1.807, 2.05) is 12.1 Å². The summed E-state index contributed by atoms with van der Waals surface area (Å²) < 4.78 is 11.6. The molecule has 4 rings (SSSR count). The number of pyridine rings is 1. The van der Waals surface area contributed by atoms with Gasteiger partial charge in [-0.3, -0.25) is 10.1 Å². The molecule has 0 saturated carbocycles. The largest absolute Gasteiger partial charge is 0.381 e. The summed E-state index contributed by atoms with van der Waals surface area (Å²) in [4.78, 5) is 8.67. The minimum absolute atomic E-state index is 0.0356. The first kappa shape index (κ1) is 16.6. The van der Waals surface area contributed by atoms with Crippen LogP contribution in [0, 0.1) is 0 Å². The predicted octanol–water partition coefficient (Wildman–Crippen LogP) is 1.73. The van der Waals surface area contributed by atoms with Gasteiger partial charge in [-0.1, -0.05) is 0 Å². The number of hydrogen-bond donors (Lipinski definition) is 2. The van der Waals surface area contributed by atoms with Crippen molar-refractivity contribution in [3.63, 3.8) is 0 Å². The van der Waals surface area contributed by atoms with Crippen molar-refractivity contribution >= 4 is 0 Å². The van der Waals surface area contributed by atoms with E-state index >= 15 is 0 Å². The minimum atomic E-state index is 0.0356. The number of ether oxygens (including phenoxy) is 2. The highest BCUT2D eigenvalue weighted by molar-refractivity contribution is 5.52. The van der Waals surface area contributed by atoms with Gasteiger partial charge in [0, 0.05) is 56.8 Å². The molecule has 2 aliphatic rings. The molecule has 0 aliphatic carbocycles. The maximum atomic E-state index is 6.10. The van der Waals surface area contributed by atoms with Crippen molar-refractivity contribution in [1.82, 2.24) is 25.5 Å². The van der Waals surface area contributed by atoms with E-state index in [4.69, 9.17) is 9.47 Å². The number of aromatic nitrogens is 4. The highest BCUT2D eigenvalue weighted by Crippen LogP contribution is 2.34. The van der Waals surface area contributed by atoms with Crippen LogP contribution in [0.5, 0.6) is 0 Å². The molecule has 7 nitrogen and oxygen atoms in total. The summed E-state index contributed by atoms with van der Waals surface area (Å²) >= 11 is 0. The Hall–Kier alpha value is -1.83. The quantitative estimate of drug-likeness (QED) is 0.860. The zero-order valence-electron chi connectivity index (χ0n) is 14.4. The van der Waals surface area contributed by atoms with Gasteiger partial charge in [-0.15, -0.1) is 0 Å². The van der Waals surface area contributed by atoms with Crippen LogP contribution in [-0.2, 0) is 15.9 Å². The molecule has 2 N–H and O–H groups in total. The molecule has 1 spiro atoms. The van der Waals surface area contributed by atoms with Crippen LogP contribution in [0.4, 0.5) is 0 Å². The number of H-pyrrole nitrogens is 1. The second kappa shape index (κ2) is 7.59. The maximum absolute atomic E-state index is 6.10. The summed E-state index contributed by atoms with van der Waals surface area (Å²) in [6.07, 6.45) is 8.54. The van der Waals surface area contributed by atoms with Crippen molar-refractivity contribution in [1.29, 1.82) is 0 Å². The van der Waals surface area contributed by atoms with E-state index in [9.17, 15) is 0 Å². The summed E-state index contributed by atoms with van der Waals surface area (Å²) in [7, 11) is 0. The van der Waals surface area contributed by atoms with Gasteiger partial charge in [-0.05, 0) is 37.8 Å². The molecule has 2 aliphatic heterocycles. The Balaban J connectivity index is 1.27. The fraction of sp³-hybridized carbons (Fsp3) is 0.611. The van der Waals surface area contributed by atoms with Gasteiger partial charge in [0.15, 0.2) is 5.82 Å². The number of aromatic amines is 1. The molecule has 2 fully saturated rings. The first-order chi connectivity index (χ1) is 12.3. The zero-order chi connectivity index (χ0) is 17.0. The topological polar surface area (TPSA) is 85.0 Å². The van der Waals surface area contributed by atoms with Crippen molar-refractivity contribution in [3.05, 3.63) is 30.4 Å². The third-order valence-electron chi connectivity index (χ3n) is 5.14. The molecule has 2 saturated heterocycles. The van der Waals surface area contributed by atoms with Crippen LogP contribution < -0.4 is 5.32 Å². The van der Waals surface area contributed by atoms with Gasteiger partial charge in [-0.2, -0.15) is 5.10 Å². The summed E-state index contributed by atoms with van der Waals surface area (Å²) in [5, 5.41) is 11.0. The van der Waals surface area contributed by atoms with Gasteiger partial charge in [0.2, 0.25) is 0 Å². The van der Waals surface area contributed by atoms with Gasteiger partial charge >= 0.3 is 0 Å². The van der Waals surface area contributed by atoms with Gasteiger partial charge in [-0.25, -0.2) is 4.98 Å². The van der Waals surface area contributed by atoms with Crippen molar-refractivity contribution in [2.75, 3.05) is 26.4 Å².